The molecule has 0 fully saturated rings. The lowest BCUT2D eigenvalue weighted by Crippen LogP contribution is -2.06. The van der Waals surface area contributed by atoms with Crippen molar-refractivity contribution in [3.8, 4) is 5.75 Å². The molecule has 0 unspecified atom stereocenters. The number of benzene rings is 1. The van der Waals surface area contributed by atoms with Crippen LogP contribution in [0.2, 0.25) is 0 Å². The minimum absolute atomic E-state index is 0.204. The molecule has 0 aromatic heterocycles. The lowest BCUT2D eigenvalue weighted by atomic mass is 9.93. The number of ether oxygens (including phenoxy) is 1. The standard InChI is InChI=1S/C13H18O2/c1-6-11(14)13-8(2)7-12(15-5)9(3)10(13)4/h7H,6H2,1-5H3. The molecule has 0 aliphatic heterocycles. The molecule has 0 aliphatic rings. The summed E-state index contributed by atoms with van der Waals surface area (Å²) in [5.74, 6) is 1.06. The first-order valence-electron chi connectivity index (χ1n) is 5.20. The van der Waals surface area contributed by atoms with Crippen LogP contribution in [0.15, 0.2) is 6.07 Å². The fourth-order valence-corrected chi connectivity index (χ4v) is 1.86. The molecule has 0 amide bonds. The van der Waals surface area contributed by atoms with Gasteiger partial charge in [-0.2, -0.15) is 0 Å². The van der Waals surface area contributed by atoms with Crippen LogP contribution >= 0.6 is 0 Å². The summed E-state index contributed by atoms with van der Waals surface area (Å²) in [5, 5.41) is 0. The third-order valence-corrected chi connectivity index (χ3v) is 2.87. The Balaban J connectivity index is 3.42. The van der Waals surface area contributed by atoms with E-state index in [1.54, 1.807) is 7.11 Å². The number of carbonyl (C=O) groups excluding carboxylic acids is 1. The van der Waals surface area contributed by atoms with Crippen LogP contribution in [0.1, 0.15) is 40.4 Å². The first-order valence-corrected chi connectivity index (χ1v) is 5.20. The largest absolute Gasteiger partial charge is 0.496 e. The van der Waals surface area contributed by atoms with E-state index in [2.05, 4.69) is 0 Å². The second-order valence-corrected chi connectivity index (χ2v) is 3.80. The van der Waals surface area contributed by atoms with Crippen LogP contribution in [0, 0.1) is 20.8 Å². The molecule has 0 atom stereocenters. The number of methoxy groups -OCH3 is 1. The molecular weight excluding hydrogens is 188 g/mol. The van der Waals surface area contributed by atoms with Gasteiger partial charge in [-0.05, 0) is 43.5 Å². The van der Waals surface area contributed by atoms with Crippen molar-refractivity contribution in [3.05, 3.63) is 28.3 Å². The molecule has 15 heavy (non-hydrogen) atoms. The summed E-state index contributed by atoms with van der Waals surface area (Å²) in [6, 6.07) is 1.94. The van der Waals surface area contributed by atoms with Crippen molar-refractivity contribution in [2.45, 2.75) is 34.1 Å². The Morgan fingerprint density at radius 2 is 1.87 bits per heavy atom. The summed E-state index contributed by atoms with van der Waals surface area (Å²) in [6.07, 6.45) is 0.549. The van der Waals surface area contributed by atoms with Gasteiger partial charge in [-0.15, -0.1) is 0 Å². The first-order chi connectivity index (χ1) is 7.02. The van der Waals surface area contributed by atoms with Crippen LogP contribution in [0.4, 0.5) is 0 Å². The lowest BCUT2D eigenvalue weighted by Gasteiger charge is -2.14. The average molecular weight is 206 g/mol. The molecule has 0 N–H and O–H groups in total. The highest BCUT2D eigenvalue weighted by Crippen LogP contribution is 2.28. The molecule has 0 bridgehead atoms. The molecule has 1 rings (SSSR count). The molecule has 0 saturated heterocycles. The summed E-state index contributed by atoms with van der Waals surface area (Å²) in [7, 11) is 1.66. The molecule has 82 valence electrons. The van der Waals surface area contributed by atoms with Crippen molar-refractivity contribution in [2.75, 3.05) is 7.11 Å². The van der Waals surface area contributed by atoms with Crippen molar-refractivity contribution < 1.29 is 9.53 Å². The Morgan fingerprint density at radius 3 is 2.33 bits per heavy atom. The maximum Gasteiger partial charge on any atom is 0.163 e. The predicted octanol–water partition coefficient (Wildman–Crippen LogP) is 3.21. The number of hydrogen-bond acceptors (Lipinski definition) is 2. The predicted molar refractivity (Wildman–Crippen MR) is 61.8 cm³/mol. The van der Waals surface area contributed by atoms with Gasteiger partial charge in [-0.25, -0.2) is 0 Å². The van der Waals surface area contributed by atoms with Crippen LogP contribution in [-0.2, 0) is 0 Å². The van der Waals surface area contributed by atoms with E-state index in [9.17, 15) is 4.79 Å². The molecule has 1 aromatic carbocycles. The summed E-state index contributed by atoms with van der Waals surface area (Å²) in [6.45, 7) is 7.81. The highest BCUT2D eigenvalue weighted by Gasteiger charge is 2.15. The van der Waals surface area contributed by atoms with Gasteiger partial charge < -0.3 is 4.74 Å². The first kappa shape index (κ1) is 11.8. The van der Waals surface area contributed by atoms with Gasteiger partial charge in [0, 0.05) is 12.0 Å². The van der Waals surface area contributed by atoms with Gasteiger partial charge in [-0.3, -0.25) is 4.79 Å². The summed E-state index contributed by atoms with van der Waals surface area (Å²) in [4.78, 5) is 11.8. The number of aryl methyl sites for hydroxylation is 1. The van der Waals surface area contributed by atoms with Crippen molar-refractivity contribution in [3.63, 3.8) is 0 Å². The summed E-state index contributed by atoms with van der Waals surface area (Å²) >= 11 is 0. The van der Waals surface area contributed by atoms with E-state index in [0.29, 0.717) is 6.42 Å². The van der Waals surface area contributed by atoms with Gasteiger partial charge >= 0.3 is 0 Å². The van der Waals surface area contributed by atoms with Crippen molar-refractivity contribution >= 4 is 5.78 Å². The molecular formula is C13H18O2. The van der Waals surface area contributed by atoms with E-state index in [0.717, 1.165) is 28.0 Å². The number of carbonyl (C=O) groups is 1. The lowest BCUT2D eigenvalue weighted by molar-refractivity contribution is 0.0987. The number of rotatable bonds is 3. The number of hydrogen-bond donors (Lipinski definition) is 0. The zero-order chi connectivity index (χ0) is 11.6. The van der Waals surface area contributed by atoms with Crippen LogP contribution in [-0.4, -0.2) is 12.9 Å². The van der Waals surface area contributed by atoms with E-state index < -0.39 is 0 Å². The molecule has 1 aromatic rings. The molecule has 0 aliphatic carbocycles. The average Bonchev–Trinajstić information content (AvgIpc) is 2.23. The molecule has 0 spiro atoms. The van der Waals surface area contributed by atoms with Crippen LogP contribution in [0.3, 0.4) is 0 Å². The van der Waals surface area contributed by atoms with Gasteiger partial charge in [-0.1, -0.05) is 6.92 Å². The Kier molecular flexibility index (Phi) is 3.51. The number of Topliss-reactive ketones (excluding diaryl/α,β-unsaturated/α-hetero) is 1. The molecule has 2 nitrogen and oxygen atoms in total. The maximum absolute atomic E-state index is 11.8. The van der Waals surface area contributed by atoms with E-state index >= 15 is 0 Å². The fourth-order valence-electron chi connectivity index (χ4n) is 1.86. The van der Waals surface area contributed by atoms with Gasteiger partial charge in [0.25, 0.3) is 0 Å². The minimum Gasteiger partial charge on any atom is -0.496 e. The highest BCUT2D eigenvalue weighted by molar-refractivity contribution is 5.99. The van der Waals surface area contributed by atoms with E-state index in [-0.39, 0.29) is 5.78 Å². The molecule has 0 radical (unpaired) electrons. The molecule has 0 heterocycles. The summed E-state index contributed by atoms with van der Waals surface area (Å²) in [5.41, 5.74) is 3.95. The van der Waals surface area contributed by atoms with E-state index in [1.807, 2.05) is 33.8 Å². The second-order valence-electron chi connectivity index (χ2n) is 3.80. The summed E-state index contributed by atoms with van der Waals surface area (Å²) < 4.78 is 5.26. The van der Waals surface area contributed by atoms with E-state index in [1.165, 1.54) is 0 Å². The normalized spacial score (nSPS) is 10.2. The monoisotopic (exact) mass is 206 g/mol. The topological polar surface area (TPSA) is 26.3 Å². The zero-order valence-corrected chi connectivity index (χ0v) is 10.1. The second kappa shape index (κ2) is 4.47. The van der Waals surface area contributed by atoms with Gasteiger partial charge in [0.05, 0.1) is 7.11 Å². The Bertz CT molecular complexity index is 392. The van der Waals surface area contributed by atoms with Gasteiger partial charge in [0.1, 0.15) is 5.75 Å². The van der Waals surface area contributed by atoms with Gasteiger partial charge in [0.15, 0.2) is 5.78 Å². The van der Waals surface area contributed by atoms with Crippen molar-refractivity contribution in [1.82, 2.24) is 0 Å². The smallest absolute Gasteiger partial charge is 0.163 e. The maximum atomic E-state index is 11.8. The Labute approximate surface area is 91.3 Å². The third kappa shape index (κ3) is 2.04. The van der Waals surface area contributed by atoms with Crippen LogP contribution < -0.4 is 4.74 Å². The number of ketones is 1. The quantitative estimate of drug-likeness (QED) is 0.710. The molecule has 0 saturated carbocycles. The van der Waals surface area contributed by atoms with E-state index in [4.69, 9.17) is 4.74 Å². The van der Waals surface area contributed by atoms with Gasteiger partial charge in [0.2, 0.25) is 0 Å². The van der Waals surface area contributed by atoms with Crippen molar-refractivity contribution in [2.24, 2.45) is 0 Å². The third-order valence-electron chi connectivity index (χ3n) is 2.87. The van der Waals surface area contributed by atoms with Crippen molar-refractivity contribution in [1.29, 1.82) is 0 Å². The zero-order valence-electron chi connectivity index (χ0n) is 10.1. The highest BCUT2D eigenvalue weighted by atomic mass is 16.5. The van der Waals surface area contributed by atoms with Crippen LogP contribution in [0.5, 0.6) is 5.75 Å². The molecule has 2 heteroatoms. The minimum atomic E-state index is 0.204. The Hall–Kier alpha value is -1.31. The van der Waals surface area contributed by atoms with Crippen LogP contribution in [0.25, 0.3) is 0 Å². The SMILES string of the molecule is CCC(=O)c1c(C)cc(OC)c(C)c1C. The fraction of sp³-hybridized carbons (Fsp3) is 0.462. The Morgan fingerprint density at radius 1 is 1.27 bits per heavy atom.